The zero-order chi connectivity index (χ0) is 27.7. The van der Waals surface area contributed by atoms with Crippen LogP contribution in [0, 0.1) is 5.92 Å². The van der Waals surface area contributed by atoms with E-state index in [0.29, 0.717) is 29.7 Å². The molecule has 0 spiro atoms. The molecule has 202 valence electrons. The van der Waals surface area contributed by atoms with Gasteiger partial charge in [-0.05, 0) is 62.7 Å². The monoisotopic (exact) mass is 598 g/mol. The van der Waals surface area contributed by atoms with Gasteiger partial charge in [-0.15, -0.1) is 0 Å². The van der Waals surface area contributed by atoms with Gasteiger partial charge in [0.2, 0.25) is 5.91 Å². The number of nitrogens with one attached hydrogen (secondary N) is 1. The molecule has 0 aliphatic heterocycles. The fraction of sp³-hybridized carbons (Fsp3) is 0.355. The Kier molecular flexibility index (Phi) is 11.2. The summed E-state index contributed by atoms with van der Waals surface area (Å²) < 4.78 is 6.74. The fourth-order valence-electron chi connectivity index (χ4n) is 4.00. The molecule has 1 atom stereocenters. The minimum Gasteiger partial charge on any atom is -0.483 e. The molecule has 7 heteroatoms. The number of carbonyl (C=O) groups is 2. The highest BCUT2D eigenvalue weighted by Gasteiger charge is 2.31. The highest BCUT2D eigenvalue weighted by Crippen LogP contribution is 2.29. The van der Waals surface area contributed by atoms with Crippen LogP contribution in [0.15, 0.2) is 77.3 Å². The Morgan fingerprint density at radius 1 is 0.974 bits per heavy atom. The summed E-state index contributed by atoms with van der Waals surface area (Å²) in [6, 6.07) is 22.2. The van der Waals surface area contributed by atoms with Crippen molar-refractivity contribution < 1.29 is 14.3 Å². The van der Waals surface area contributed by atoms with Crippen LogP contribution in [0.3, 0.4) is 0 Å². The SMILES string of the molecule is CC(C)CNC(=O)C(Cc1ccccc1)N(Cc1ccccc1Cl)C(=O)COc1ccc(C(C)C)cc1Br. The van der Waals surface area contributed by atoms with Gasteiger partial charge in [-0.1, -0.05) is 93.9 Å². The molecule has 0 radical (unpaired) electrons. The first-order valence-corrected chi connectivity index (χ1v) is 14.1. The molecule has 1 N–H and O–H groups in total. The smallest absolute Gasteiger partial charge is 0.261 e. The van der Waals surface area contributed by atoms with Gasteiger partial charge in [0.1, 0.15) is 11.8 Å². The number of hydrogen-bond acceptors (Lipinski definition) is 3. The van der Waals surface area contributed by atoms with Gasteiger partial charge in [-0.2, -0.15) is 0 Å². The molecule has 5 nitrogen and oxygen atoms in total. The molecule has 0 fully saturated rings. The molecule has 0 aliphatic carbocycles. The van der Waals surface area contributed by atoms with Crippen LogP contribution >= 0.6 is 27.5 Å². The van der Waals surface area contributed by atoms with Gasteiger partial charge in [0.15, 0.2) is 6.61 Å². The predicted molar refractivity (Wildman–Crippen MR) is 158 cm³/mol. The Labute approximate surface area is 239 Å². The highest BCUT2D eigenvalue weighted by molar-refractivity contribution is 9.10. The summed E-state index contributed by atoms with van der Waals surface area (Å²) in [6.07, 6.45) is 0.369. The molecule has 0 bridgehead atoms. The largest absolute Gasteiger partial charge is 0.483 e. The van der Waals surface area contributed by atoms with Crippen LogP contribution in [-0.2, 0) is 22.6 Å². The Hall–Kier alpha value is -2.83. The summed E-state index contributed by atoms with van der Waals surface area (Å²) in [5.74, 6) is 0.717. The van der Waals surface area contributed by atoms with Crippen LogP contribution < -0.4 is 10.1 Å². The predicted octanol–water partition coefficient (Wildman–Crippen LogP) is 7.02. The molecule has 3 rings (SSSR count). The zero-order valence-electron chi connectivity index (χ0n) is 22.4. The second-order valence-electron chi connectivity index (χ2n) is 10.1. The maximum atomic E-state index is 13.8. The summed E-state index contributed by atoms with van der Waals surface area (Å²) in [5, 5.41) is 3.56. The second-order valence-corrected chi connectivity index (χ2v) is 11.4. The fourth-order valence-corrected chi connectivity index (χ4v) is 4.71. The molecule has 0 saturated carbocycles. The van der Waals surface area contributed by atoms with Crippen molar-refractivity contribution in [2.75, 3.05) is 13.2 Å². The van der Waals surface area contributed by atoms with Crippen LogP contribution in [0.1, 0.15) is 50.3 Å². The molecule has 0 aromatic heterocycles. The molecule has 3 aromatic rings. The van der Waals surface area contributed by atoms with Crippen LogP contribution in [0.4, 0.5) is 0 Å². The molecular weight excluding hydrogens is 564 g/mol. The van der Waals surface area contributed by atoms with Gasteiger partial charge in [-0.25, -0.2) is 0 Å². The van der Waals surface area contributed by atoms with Crippen LogP contribution in [-0.4, -0.2) is 35.9 Å². The van der Waals surface area contributed by atoms with E-state index < -0.39 is 6.04 Å². The van der Waals surface area contributed by atoms with Crippen LogP contribution in [0.5, 0.6) is 5.75 Å². The van der Waals surface area contributed by atoms with Gasteiger partial charge in [0.25, 0.3) is 5.91 Å². The topological polar surface area (TPSA) is 58.6 Å². The van der Waals surface area contributed by atoms with E-state index in [2.05, 4.69) is 35.1 Å². The minimum atomic E-state index is -0.740. The van der Waals surface area contributed by atoms with Crippen LogP contribution in [0.25, 0.3) is 0 Å². The normalized spacial score (nSPS) is 11.9. The van der Waals surface area contributed by atoms with E-state index in [1.165, 1.54) is 5.56 Å². The van der Waals surface area contributed by atoms with Crippen molar-refractivity contribution in [2.24, 2.45) is 5.92 Å². The lowest BCUT2D eigenvalue weighted by Gasteiger charge is -2.32. The number of ether oxygens (including phenoxy) is 1. The number of nitrogens with zero attached hydrogens (tertiary/aromatic N) is 1. The molecule has 38 heavy (non-hydrogen) atoms. The standard InChI is InChI=1S/C31H36BrClN2O3/c1-21(2)18-34-31(37)28(16-23-10-6-5-7-11-23)35(19-25-12-8-9-13-27(25)33)30(36)20-38-29-15-14-24(22(3)4)17-26(29)32/h5-15,17,21-22,28H,16,18-20H2,1-4H3,(H,34,37). The van der Waals surface area contributed by atoms with Crippen molar-refractivity contribution in [1.29, 1.82) is 0 Å². The first kappa shape index (κ1) is 29.7. The van der Waals surface area contributed by atoms with Crippen molar-refractivity contribution in [3.63, 3.8) is 0 Å². The van der Waals surface area contributed by atoms with Crippen molar-refractivity contribution in [3.05, 3.63) is 99.0 Å². The van der Waals surface area contributed by atoms with E-state index in [-0.39, 0.29) is 30.9 Å². The molecule has 0 heterocycles. The quantitative estimate of drug-likeness (QED) is 0.243. The summed E-state index contributed by atoms with van der Waals surface area (Å²) in [4.78, 5) is 28.9. The first-order chi connectivity index (χ1) is 18.2. The molecule has 0 aliphatic rings. The third-order valence-corrected chi connectivity index (χ3v) is 7.22. The number of amides is 2. The second kappa shape index (κ2) is 14.4. The van der Waals surface area contributed by atoms with E-state index in [1.807, 2.05) is 80.6 Å². The number of halogens is 2. The van der Waals surface area contributed by atoms with Crippen molar-refractivity contribution in [3.8, 4) is 5.75 Å². The lowest BCUT2D eigenvalue weighted by atomic mass is 10.0. The summed E-state index contributed by atoms with van der Waals surface area (Å²) in [6.45, 7) is 8.80. The van der Waals surface area contributed by atoms with Crippen molar-refractivity contribution >= 4 is 39.3 Å². The van der Waals surface area contributed by atoms with Crippen molar-refractivity contribution in [2.45, 2.75) is 52.6 Å². The number of rotatable bonds is 12. The average Bonchev–Trinajstić information content (AvgIpc) is 2.89. The lowest BCUT2D eigenvalue weighted by Crippen LogP contribution is -2.52. The highest BCUT2D eigenvalue weighted by atomic mass is 79.9. The first-order valence-electron chi connectivity index (χ1n) is 12.9. The molecule has 3 aromatic carbocycles. The van der Waals surface area contributed by atoms with Gasteiger partial charge in [-0.3, -0.25) is 9.59 Å². The number of hydrogen-bond donors (Lipinski definition) is 1. The third-order valence-electron chi connectivity index (χ3n) is 6.23. The van der Waals surface area contributed by atoms with E-state index in [4.69, 9.17) is 16.3 Å². The molecule has 2 amide bonds. The summed E-state index contributed by atoms with van der Waals surface area (Å²) >= 11 is 10.0. The third kappa shape index (κ3) is 8.60. The average molecular weight is 600 g/mol. The molecule has 0 saturated heterocycles. The Balaban J connectivity index is 1.91. The summed E-state index contributed by atoms with van der Waals surface area (Å²) in [7, 11) is 0. The Bertz CT molecular complexity index is 1220. The van der Waals surface area contributed by atoms with E-state index in [9.17, 15) is 9.59 Å². The maximum Gasteiger partial charge on any atom is 0.261 e. The van der Waals surface area contributed by atoms with E-state index in [0.717, 1.165) is 15.6 Å². The Morgan fingerprint density at radius 2 is 1.66 bits per heavy atom. The van der Waals surface area contributed by atoms with Gasteiger partial charge in [0.05, 0.1) is 4.47 Å². The van der Waals surface area contributed by atoms with Gasteiger partial charge >= 0.3 is 0 Å². The Morgan fingerprint density at radius 3 is 2.29 bits per heavy atom. The molecule has 1 unspecified atom stereocenters. The lowest BCUT2D eigenvalue weighted by molar-refractivity contribution is -0.142. The molecular formula is C31H36BrClN2O3. The van der Waals surface area contributed by atoms with Gasteiger partial charge in [0, 0.05) is 24.5 Å². The number of benzene rings is 3. The van der Waals surface area contributed by atoms with Gasteiger partial charge < -0.3 is 15.0 Å². The minimum absolute atomic E-state index is 0.182. The van der Waals surface area contributed by atoms with E-state index in [1.54, 1.807) is 11.0 Å². The van der Waals surface area contributed by atoms with Crippen LogP contribution in [0.2, 0.25) is 5.02 Å². The van der Waals surface area contributed by atoms with Crippen molar-refractivity contribution in [1.82, 2.24) is 10.2 Å². The number of carbonyl (C=O) groups excluding carboxylic acids is 2. The van der Waals surface area contributed by atoms with E-state index >= 15 is 0 Å². The zero-order valence-corrected chi connectivity index (χ0v) is 24.8. The maximum absolute atomic E-state index is 13.8. The summed E-state index contributed by atoms with van der Waals surface area (Å²) in [5.41, 5.74) is 2.89.